The molecule has 2 aromatic carbocycles. The second-order valence-electron chi connectivity index (χ2n) is 7.93. The van der Waals surface area contributed by atoms with Crippen molar-refractivity contribution in [2.24, 2.45) is 0 Å². The van der Waals surface area contributed by atoms with Crippen molar-refractivity contribution < 1.29 is 34.8 Å². The third-order valence-corrected chi connectivity index (χ3v) is 6.06. The molecule has 2 aromatic rings. The van der Waals surface area contributed by atoms with Crippen LogP contribution in [0.2, 0.25) is 5.02 Å². The van der Waals surface area contributed by atoms with Crippen LogP contribution in [0.5, 0.6) is 23.0 Å². The molecule has 1 aliphatic rings. The monoisotopic (exact) mass is 462 g/mol. The van der Waals surface area contributed by atoms with Gasteiger partial charge in [0.15, 0.2) is 5.78 Å². The number of hydrogen-bond donors (Lipinski definition) is 4. The quantitative estimate of drug-likeness (QED) is 0.315. The van der Waals surface area contributed by atoms with E-state index in [9.17, 15) is 30.0 Å². The lowest BCUT2D eigenvalue weighted by Gasteiger charge is -2.25. The summed E-state index contributed by atoms with van der Waals surface area (Å²) in [5.41, 5.74) is -1.15. The van der Waals surface area contributed by atoms with E-state index < -0.39 is 45.5 Å². The number of benzene rings is 2. The number of ketones is 2. The van der Waals surface area contributed by atoms with Crippen molar-refractivity contribution in [3.63, 3.8) is 0 Å². The standard InChI is InChI=1S/C24H27ClO7/c1-3-5-7-8-16(32-9-6-4-2)19-14(26)10-12-17(23(19)30)22(29)18-13(21(12)28)11-15(27)20(25)24(18)31/h10-11,16,26-27,30-31H,3-9H2,1-2H3/t16-/m0/s1. The van der Waals surface area contributed by atoms with E-state index >= 15 is 0 Å². The molecule has 0 fully saturated rings. The molecule has 1 aliphatic carbocycles. The maximum absolute atomic E-state index is 13.2. The smallest absolute Gasteiger partial charge is 0.202 e. The molecular weight excluding hydrogens is 436 g/mol. The Labute approximate surface area is 191 Å². The van der Waals surface area contributed by atoms with Crippen molar-refractivity contribution in [2.75, 3.05) is 6.61 Å². The third-order valence-electron chi connectivity index (χ3n) is 5.69. The first-order valence-corrected chi connectivity index (χ1v) is 11.2. The van der Waals surface area contributed by atoms with Crippen molar-refractivity contribution in [3.05, 3.63) is 45.0 Å². The van der Waals surface area contributed by atoms with Crippen LogP contribution in [0.4, 0.5) is 0 Å². The first kappa shape index (κ1) is 23.9. The average molecular weight is 463 g/mol. The Morgan fingerprint density at radius 3 is 2.06 bits per heavy atom. The number of carbonyl (C=O) groups excluding carboxylic acids is 2. The van der Waals surface area contributed by atoms with E-state index in [4.69, 9.17) is 16.3 Å². The highest BCUT2D eigenvalue weighted by atomic mass is 35.5. The van der Waals surface area contributed by atoms with Crippen LogP contribution in [-0.4, -0.2) is 38.6 Å². The highest BCUT2D eigenvalue weighted by Gasteiger charge is 2.39. The van der Waals surface area contributed by atoms with Crippen LogP contribution < -0.4 is 0 Å². The molecule has 7 nitrogen and oxygen atoms in total. The van der Waals surface area contributed by atoms with Gasteiger partial charge in [-0.05, 0) is 25.0 Å². The lowest BCUT2D eigenvalue weighted by Crippen LogP contribution is -2.22. The number of rotatable bonds is 9. The molecule has 0 saturated carbocycles. The second kappa shape index (κ2) is 9.79. The Bertz CT molecular complexity index is 1050. The van der Waals surface area contributed by atoms with Crippen molar-refractivity contribution in [2.45, 2.75) is 58.5 Å². The van der Waals surface area contributed by atoms with E-state index in [-0.39, 0.29) is 28.0 Å². The predicted octanol–water partition coefficient (Wildman–Crippen LogP) is 5.38. The molecule has 0 spiro atoms. The van der Waals surface area contributed by atoms with Crippen LogP contribution in [0, 0.1) is 0 Å². The Morgan fingerprint density at radius 2 is 1.44 bits per heavy atom. The molecule has 0 heterocycles. The summed E-state index contributed by atoms with van der Waals surface area (Å²) >= 11 is 5.86. The molecule has 4 N–H and O–H groups in total. The largest absolute Gasteiger partial charge is 0.507 e. The highest BCUT2D eigenvalue weighted by Crippen LogP contribution is 2.48. The molecule has 0 aromatic heterocycles. The lowest BCUT2D eigenvalue weighted by atomic mass is 9.81. The second-order valence-corrected chi connectivity index (χ2v) is 8.31. The van der Waals surface area contributed by atoms with E-state index in [0.29, 0.717) is 13.0 Å². The van der Waals surface area contributed by atoms with Gasteiger partial charge in [0.05, 0.1) is 22.8 Å². The van der Waals surface area contributed by atoms with Crippen molar-refractivity contribution in [1.29, 1.82) is 0 Å². The normalized spacial score (nSPS) is 13.7. The predicted molar refractivity (Wildman–Crippen MR) is 119 cm³/mol. The van der Waals surface area contributed by atoms with Gasteiger partial charge in [0, 0.05) is 17.7 Å². The molecule has 0 saturated heterocycles. The van der Waals surface area contributed by atoms with E-state index in [0.717, 1.165) is 44.2 Å². The highest BCUT2D eigenvalue weighted by molar-refractivity contribution is 6.37. The fourth-order valence-electron chi connectivity index (χ4n) is 3.97. The number of carbonyl (C=O) groups is 2. The number of unbranched alkanes of at least 4 members (excludes halogenated alkanes) is 3. The number of aromatic hydroxyl groups is 4. The van der Waals surface area contributed by atoms with Gasteiger partial charge < -0.3 is 25.2 Å². The van der Waals surface area contributed by atoms with E-state index in [1.54, 1.807) is 0 Å². The Kier molecular flexibility index (Phi) is 7.31. The molecule has 32 heavy (non-hydrogen) atoms. The lowest BCUT2D eigenvalue weighted by molar-refractivity contribution is 0.0397. The van der Waals surface area contributed by atoms with Crippen molar-refractivity contribution >= 4 is 23.2 Å². The van der Waals surface area contributed by atoms with Crippen LogP contribution in [0.25, 0.3) is 0 Å². The van der Waals surface area contributed by atoms with Gasteiger partial charge in [-0.1, -0.05) is 51.1 Å². The van der Waals surface area contributed by atoms with Gasteiger partial charge in [-0.15, -0.1) is 0 Å². The summed E-state index contributed by atoms with van der Waals surface area (Å²) < 4.78 is 5.94. The Balaban J connectivity index is 2.14. The SMILES string of the molecule is CCCCC[C@H](OCCCC)c1c(O)cc2c(c1O)C(=O)c1c(cc(O)c(Cl)c1O)C2=O. The minimum absolute atomic E-state index is 0.0462. The fraction of sp³-hybridized carbons (Fsp3) is 0.417. The van der Waals surface area contributed by atoms with Gasteiger partial charge in [0.1, 0.15) is 28.0 Å². The van der Waals surface area contributed by atoms with Gasteiger partial charge in [-0.25, -0.2) is 0 Å². The minimum Gasteiger partial charge on any atom is -0.507 e. The molecular formula is C24H27ClO7. The zero-order valence-corrected chi connectivity index (χ0v) is 18.8. The maximum atomic E-state index is 13.2. The molecule has 8 heteroatoms. The summed E-state index contributed by atoms with van der Waals surface area (Å²) in [5.74, 6) is -3.76. The third kappa shape index (κ3) is 4.14. The number of fused-ring (bicyclic) bond motifs is 2. The molecule has 172 valence electrons. The van der Waals surface area contributed by atoms with Crippen LogP contribution in [0.3, 0.4) is 0 Å². The fourth-order valence-corrected chi connectivity index (χ4v) is 4.12. The summed E-state index contributed by atoms with van der Waals surface area (Å²) in [6, 6.07) is 2.12. The molecule has 0 bridgehead atoms. The average Bonchev–Trinajstić information content (AvgIpc) is 2.75. The summed E-state index contributed by atoms with van der Waals surface area (Å²) in [6.45, 7) is 4.48. The van der Waals surface area contributed by atoms with Gasteiger partial charge in [0.2, 0.25) is 5.78 Å². The van der Waals surface area contributed by atoms with Gasteiger partial charge >= 0.3 is 0 Å². The van der Waals surface area contributed by atoms with Crippen molar-refractivity contribution in [3.8, 4) is 23.0 Å². The van der Waals surface area contributed by atoms with Crippen LogP contribution in [0.1, 0.15) is 95.9 Å². The summed E-state index contributed by atoms with van der Waals surface area (Å²) in [6.07, 6.45) is 4.23. The molecule has 0 unspecified atom stereocenters. The Morgan fingerprint density at radius 1 is 0.844 bits per heavy atom. The summed E-state index contributed by atoms with van der Waals surface area (Å²) in [5, 5.41) is 41.5. The van der Waals surface area contributed by atoms with E-state index in [2.05, 4.69) is 6.92 Å². The Hall–Kier alpha value is -2.77. The zero-order valence-electron chi connectivity index (χ0n) is 18.1. The number of halogens is 1. The molecule has 0 radical (unpaired) electrons. The zero-order chi connectivity index (χ0) is 23.6. The van der Waals surface area contributed by atoms with Crippen LogP contribution >= 0.6 is 11.6 Å². The number of phenols is 4. The van der Waals surface area contributed by atoms with Gasteiger partial charge in [-0.2, -0.15) is 0 Å². The van der Waals surface area contributed by atoms with E-state index in [1.807, 2.05) is 6.92 Å². The maximum Gasteiger partial charge on any atom is 0.202 e. The van der Waals surface area contributed by atoms with Crippen LogP contribution in [0.15, 0.2) is 12.1 Å². The molecule has 0 aliphatic heterocycles. The number of ether oxygens (including phenoxy) is 1. The minimum atomic E-state index is -0.825. The number of hydrogen-bond acceptors (Lipinski definition) is 7. The molecule has 3 rings (SSSR count). The molecule has 0 amide bonds. The van der Waals surface area contributed by atoms with Crippen molar-refractivity contribution in [1.82, 2.24) is 0 Å². The summed E-state index contributed by atoms with van der Waals surface area (Å²) in [7, 11) is 0. The summed E-state index contributed by atoms with van der Waals surface area (Å²) in [4.78, 5) is 26.2. The molecule has 1 atom stereocenters. The topological polar surface area (TPSA) is 124 Å². The van der Waals surface area contributed by atoms with E-state index in [1.165, 1.54) is 0 Å². The van der Waals surface area contributed by atoms with Gasteiger partial charge in [0.25, 0.3) is 0 Å². The van der Waals surface area contributed by atoms with Gasteiger partial charge in [-0.3, -0.25) is 9.59 Å². The number of phenolic OH excluding ortho intramolecular Hbond substituents is 4. The first-order valence-electron chi connectivity index (χ1n) is 10.8. The first-order chi connectivity index (χ1) is 15.2. The van der Waals surface area contributed by atoms with Crippen LogP contribution in [-0.2, 0) is 4.74 Å².